The third-order valence-corrected chi connectivity index (χ3v) is 6.57. The normalized spacial score (nSPS) is 12.4. The molecule has 1 atom stereocenters. The lowest BCUT2D eigenvalue weighted by atomic mass is 10.0. The molecule has 3 amide bonds. The van der Waals surface area contributed by atoms with Crippen molar-refractivity contribution in [2.24, 2.45) is 11.0 Å². The summed E-state index contributed by atoms with van der Waals surface area (Å²) in [6.45, 7) is 7.55. The van der Waals surface area contributed by atoms with E-state index in [1.165, 1.54) is 6.21 Å². The standard InChI is InChI=1S/C33H36N4O9/c1-5-42-27-15-21(7-13-25(27)44-18-29(38)35-24-11-8-22(9-12-24)33(41)43-6-2)17-34-37-32(40)30(20(3)4)36-31(39)23-10-14-26-28(16-23)46-19-45-26/h7-17,20,30H,5-6,18-19H2,1-4H3,(H,35,38)(H,36,39)(H,37,40). The van der Waals surface area contributed by atoms with Gasteiger partial charge in [-0.05, 0) is 86.0 Å². The second-order valence-corrected chi connectivity index (χ2v) is 10.3. The maximum atomic E-state index is 12.9. The number of esters is 1. The number of carbonyl (C=O) groups excluding carboxylic acids is 4. The summed E-state index contributed by atoms with van der Waals surface area (Å²) in [5, 5.41) is 9.50. The molecule has 3 N–H and O–H groups in total. The molecule has 242 valence electrons. The van der Waals surface area contributed by atoms with Gasteiger partial charge >= 0.3 is 5.97 Å². The van der Waals surface area contributed by atoms with E-state index in [9.17, 15) is 19.2 Å². The van der Waals surface area contributed by atoms with E-state index in [4.69, 9.17) is 23.7 Å². The number of rotatable bonds is 14. The highest BCUT2D eigenvalue weighted by atomic mass is 16.7. The molecule has 4 rings (SSSR count). The van der Waals surface area contributed by atoms with Crippen LogP contribution in [0.2, 0.25) is 0 Å². The van der Waals surface area contributed by atoms with Crippen LogP contribution in [0.15, 0.2) is 65.8 Å². The van der Waals surface area contributed by atoms with Gasteiger partial charge in [0.25, 0.3) is 17.7 Å². The highest BCUT2D eigenvalue weighted by molar-refractivity contribution is 5.98. The lowest BCUT2D eigenvalue weighted by Crippen LogP contribution is -2.48. The van der Waals surface area contributed by atoms with Gasteiger partial charge in [0.1, 0.15) is 6.04 Å². The molecule has 3 aromatic carbocycles. The van der Waals surface area contributed by atoms with E-state index >= 15 is 0 Å². The largest absolute Gasteiger partial charge is 0.490 e. The zero-order valence-electron chi connectivity index (χ0n) is 26.0. The van der Waals surface area contributed by atoms with E-state index in [1.807, 2.05) is 13.8 Å². The third kappa shape index (κ3) is 8.97. The van der Waals surface area contributed by atoms with Gasteiger partial charge in [-0.15, -0.1) is 0 Å². The van der Waals surface area contributed by atoms with Crippen LogP contribution in [-0.4, -0.2) is 62.6 Å². The zero-order valence-corrected chi connectivity index (χ0v) is 26.0. The number of nitrogens with one attached hydrogen (secondary N) is 3. The van der Waals surface area contributed by atoms with Crippen molar-refractivity contribution in [3.8, 4) is 23.0 Å². The molecule has 13 nitrogen and oxygen atoms in total. The van der Waals surface area contributed by atoms with Gasteiger partial charge in [0.2, 0.25) is 6.79 Å². The molecular formula is C33H36N4O9. The smallest absolute Gasteiger partial charge is 0.338 e. The van der Waals surface area contributed by atoms with Gasteiger partial charge in [-0.1, -0.05) is 13.8 Å². The number of carbonyl (C=O) groups is 4. The highest BCUT2D eigenvalue weighted by Crippen LogP contribution is 2.32. The summed E-state index contributed by atoms with van der Waals surface area (Å²) in [6, 6.07) is 15.2. The summed E-state index contributed by atoms with van der Waals surface area (Å²) in [4.78, 5) is 50.0. The zero-order chi connectivity index (χ0) is 33.1. The van der Waals surface area contributed by atoms with Crippen molar-refractivity contribution in [1.29, 1.82) is 0 Å². The molecule has 0 bridgehead atoms. The summed E-state index contributed by atoms with van der Waals surface area (Å²) in [5.41, 5.74) is 4.27. The Kier molecular flexibility index (Phi) is 11.5. The SMILES string of the molecule is CCOC(=O)c1ccc(NC(=O)COc2ccc(C=NNC(=O)C(NC(=O)c3ccc4c(c3)OCO4)C(C)C)cc2OCC)cc1. The fourth-order valence-corrected chi connectivity index (χ4v) is 4.27. The summed E-state index contributed by atoms with van der Waals surface area (Å²) in [6.07, 6.45) is 1.42. The first-order chi connectivity index (χ1) is 22.2. The Labute approximate surface area is 266 Å². The molecule has 1 aliphatic rings. The van der Waals surface area contributed by atoms with Gasteiger partial charge < -0.3 is 34.3 Å². The molecule has 1 aliphatic heterocycles. The first-order valence-electron chi connectivity index (χ1n) is 14.7. The van der Waals surface area contributed by atoms with Crippen molar-refractivity contribution in [2.75, 3.05) is 31.9 Å². The molecule has 0 saturated heterocycles. The number of ether oxygens (including phenoxy) is 5. The van der Waals surface area contributed by atoms with E-state index in [2.05, 4.69) is 21.2 Å². The number of hydrogen-bond donors (Lipinski definition) is 3. The second-order valence-electron chi connectivity index (χ2n) is 10.3. The van der Waals surface area contributed by atoms with E-state index < -0.39 is 29.7 Å². The van der Waals surface area contributed by atoms with Crippen molar-refractivity contribution in [3.05, 3.63) is 77.4 Å². The van der Waals surface area contributed by atoms with Gasteiger partial charge in [0.05, 0.1) is 25.0 Å². The molecule has 0 saturated carbocycles. The number of anilines is 1. The number of nitrogens with zero attached hydrogens (tertiary/aromatic N) is 1. The van der Waals surface area contributed by atoms with Crippen LogP contribution in [0.25, 0.3) is 0 Å². The van der Waals surface area contributed by atoms with E-state index in [1.54, 1.807) is 74.5 Å². The Bertz CT molecular complexity index is 1590. The summed E-state index contributed by atoms with van der Waals surface area (Å²) in [7, 11) is 0. The van der Waals surface area contributed by atoms with Crippen LogP contribution in [0.5, 0.6) is 23.0 Å². The Morgan fingerprint density at radius 2 is 1.61 bits per heavy atom. The van der Waals surface area contributed by atoms with Gasteiger partial charge in [-0.25, -0.2) is 10.2 Å². The van der Waals surface area contributed by atoms with Crippen molar-refractivity contribution < 1.29 is 42.9 Å². The van der Waals surface area contributed by atoms with Crippen LogP contribution < -0.4 is 35.0 Å². The second kappa shape index (κ2) is 15.9. The summed E-state index contributed by atoms with van der Waals surface area (Å²) in [5.74, 6) is -0.278. The van der Waals surface area contributed by atoms with Crippen LogP contribution >= 0.6 is 0 Å². The minimum atomic E-state index is -0.855. The molecule has 0 radical (unpaired) electrons. The predicted molar refractivity (Wildman–Crippen MR) is 169 cm³/mol. The van der Waals surface area contributed by atoms with Crippen molar-refractivity contribution in [1.82, 2.24) is 10.7 Å². The van der Waals surface area contributed by atoms with Gasteiger partial charge in [0.15, 0.2) is 29.6 Å². The van der Waals surface area contributed by atoms with Crippen molar-refractivity contribution in [2.45, 2.75) is 33.7 Å². The summed E-state index contributed by atoms with van der Waals surface area (Å²) >= 11 is 0. The first kappa shape index (κ1) is 33.3. The average Bonchev–Trinajstić information content (AvgIpc) is 3.52. The maximum absolute atomic E-state index is 12.9. The molecule has 46 heavy (non-hydrogen) atoms. The highest BCUT2D eigenvalue weighted by Gasteiger charge is 2.25. The molecular weight excluding hydrogens is 596 g/mol. The van der Waals surface area contributed by atoms with Gasteiger partial charge in [-0.3, -0.25) is 14.4 Å². The van der Waals surface area contributed by atoms with Crippen LogP contribution in [0, 0.1) is 5.92 Å². The van der Waals surface area contributed by atoms with Crippen LogP contribution in [0.4, 0.5) is 5.69 Å². The van der Waals surface area contributed by atoms with Crippen molar-refractivity contribution in [3.63, 3.8) is 0 Å². The number of benzene rings is 3. The topological polar surface area (TPSA) is 163 Å². The Morgan fingerprint density at radius 3 is 2.33 bits per heavy atom. The number of amides is 3. The van der Waals surface area contributed by atoms with E-state index in [0.29, 0.717) is 52.0 Å². The monoisotopic (exact) mass is 632 g/mol. The van der Waals surface area contributed by atoms with Crippen LogP contribution in [-0.2, 0) is 14.3 Å². The Morgan fingerprint density at radius 1 is 0.870 bits per heavy atom. The fraction of sp³-hybridized carbons (Fsp3) is 0.303. The average molecular weight is 633 g/mol. The number of hydrogen-bond acceptors (Lipinski definition) is 10. The number of hydrazone groups is 1. The maximum Gasteiger partial charge on any atom is 0.338 e. The fourth-order valence-electron chi connectivity index (χ4n) is 4.27. The molecule has 0 fully saturated rings. The third-order valence-electron chi connectivity index (χ3n) is 6.57. The predicted octanol–water partition coefficient (Wildman–Crippen LogP) is 3.91. The van der Waals surface area contributed by atoms with Gasteiger partial charge in [-0.2, -0.15) is 5.10 Å². The Balaban J connectivity index is 1.31. The molecule has 3 aromatic rings. The molecule has 0 aromatic heterocycles. The lowest BCUT2D eigenvalue weighted by molar-refractivity contribution is -0.124. The number of fused-ring (bicyclic) bond motifs is 1. The minimum Gasteiger partial charge on any atom is -0.490 e. The molecule has 0 spiro atoms. The van der Waals surface area contributed by atoms with Crippen LogP contribution in [0.3, 0.4) is 0 Å². The molecule has 1 unspecified atom stereocenters. The van der Waals surface area contributed by atoms with E-state index in [0.717, 1.165) is 0 Å². The minimum absolute atomic E-state index is 0.0889. The Hall–Kier alpha value is -5.59. The summed E-state index contributed by atoms with van der Waals surface area (Å²) < 4.78 is 26.9. The van der Waals surface area contributed by atoms with Crippen LogP contribution in [0.1, 0.15) is 54.0 Å². The lowest BCUT2D eigenvalue weighted by Gasteiger charge is -2.20. The van der Waals surface area contributed by atoms with Crippen molar-refractivity contribution >= 4 is 35.6 Å². The first-order valence-corrected chi connectivity index (χ1v) is 14.7. The quantitative estimate of drug-likeness (QED) is 0.136. The molecule has 13 heteroatoms. The van der Waals surface area contributed by atoms with Gasteiger partial charge in [0, 0.05) is 11.3 Å². The molecule has 1 heterocycles. The van der Waals surface area contributed by atoms with E-state index in [-0.39, 0.29) is 25.9 Å². The molecule has 0 aliphatic carbocycles.